The predicted octanol–water partition coefficient (Wildman–Crippen LogP) is 6.72. The molecular formula is C27H19N3O. The summed E-state index contributed by atoms with van der Waals surface area (Å²) >= 11 is 0. The van der Waals surface area contributed by atoms with E-state index in [4.69, 9.17) is 9.68 Å². The van der Waals surface area contributed by atoms with Gasteiger partial charge in [0.15, 0.2) is 0 Å². The zero-order valence-electron chi connectivity index (χ0n) is 17.3. The first-order valence-corrected chi connectivity index (χ1v) is 9.84. The van der Waals surface area contributed by atoms with Crippen molar-refractivity contribution in [2.75, 3.05) is 0 Å². The fourth-order valence-corrected chi connectivity index (χ4v) is 3.29. The Bertz CT molecular complexity index is 1330. The largest absolute Gasteiger partial charge is 0.436 e. The first-order valence-electron chi connectivity index (χ1n) is 9.84. The fraction of sp³-hybridized carbons (Fsp3) is 0.0741. The lowest BCUT2D eigenvalue weighted by Gasteiger charge is -2.05. The first-order chi connectivity index (χ1) is 15.1. The molecule has 3 aromatic carbocycles. The number of rotatable bonds is 4. The SMILES string of the molecule is Cc1ccc(-c2oc(N=Cc3ccc(C#N)cc3)c(C#N)c2-c2ccc(C)cc2)cc1. The first kappa shape index (κ1) is 19.9. The molecule has 0 fully saturated rings. The van der Waals surface area contributed by atoms with Gasteiger partial charge in [-0.25, -0.2) is 4.99 Å². The van der Waals surface area contributed by atoms with Gasteiger partial charge in [-0.05, 0) is 37.1 Å². The average Bonchev–Trinajstić information content (AvgIpc) is 3.17. The Kier molecular flexibility index (Phi) is 5.47. The van der Waals surface area contributed by atoms with E-state index in [1.807, 2.05) is 62.4 Å². The van der Waals surface area contributed by atoms with Gasteiger partial charge >= 0.3 is 0 Å². The molecule has 0 saturated carbocycles. The topological polar surface area (TPSA) is 73.1 Å². The maximum Gasteiger partial charge on any atom is 0.238 e. The van der Waals surface area contributed by atoms with Gasteiger partial charge < -0.3 is 4.42 Å². The highest BCUT2D eigenvalue weighted by Gasteiger charge is 2.22. The second kappa shape index (κ2) is 8.53. The summed E-state index contributed by atoms with van der Waals surface area (Å²) in [6.07, 6.45) is 1.64. The standard InChI is InChI=1S/C27H19N3O/c1-18-3-11-22(12-4-18)25-24(16-29)27(30-17-21-9-7-20(15-28)8-10-21)31-26(25)23-13-5-19(2)6-14-23/h3-14,17H,1-2H3. The van der Waals surface area contributed by atoms with Crippen LogP contribution in [0.1, 0.15) is 27.8 Å². The minimum Gasteiger partial charge on any atom is -0.436 e. The Hall–Kier alpha value is -4.41. The Balaban J connectivity index is 1.86. The van der Waals surface area contributed by atoms with Crippen molar-refractivity contribution < 1.29 is 4.42 Å². The Morgan fingerprint density at radius 1 is 0.742 bits per heavy atom. The molecule has 0 bridgehead atoms. The lowest BCUT2D eigenvalue weighted by atomic mass is 9.97. The van der Waals surface area contributed by atoms with Crippen LogP contribution >= 0.6 is 0 Å². The Morgan fingerprint density at radius 2 is 1.32 bits per heavy atom. The van der Waals surface area contributed by atoms with Crippen LogP contribution in [0.3, 0.4) is 0 Å². The molecular weight excluding hydrogens is 382 g/mol. The second-order valence-corrected chi connectivity index (χ2v) is 7.32. The van der Waals surface area contributed by atoms with Gasteiger partial charge in [0, 0.05) is 17.3 Å². The summed E-state index contributed by atoms with van der Waals surface area (Å²) in [5.74, 6) is 0.880. The number of benzene rings is 3. The molecule has 4 aromatic rings. The normalized spacial score (nSPS) is 10.7. The molecule has 0 spiro atoms. The van der Waals surface area contributed by atoms with Gasteiger partial charge in [0.05, 0.1) is 11.6 Å². The minimum atomic E-state index is 0.262. The van der Waals surface area contributed by atoms with E-state index in [2.05, 4.69) is 17.1 Å². The van der Waals surface area contributed by atoms with Crippen LogP contribution in [-0.2, 0) is 0 Å². The lowest BCUT2D eigenvalue weighted by Crippen LogP contribution is -1.85. The van der Waals surface area contributed by atoms with Gasteiger partial charge in [-0.2, -0.15) is 10.5 Å². The molecule has 4 rings (SSSR count). The van der Waals surface area contributed by atoms with Gasteiger partial charge in [0.2, 0.25) is 5.88 Å². The number of hydrogen-bond donors (Lipinski definition) is 0. The number of furan rings is 1. The second-order valence-electron chi connectivity index (χ2n) is 7.32. The average molecular weight is 401 g/mol. The van der Waals surface area contributed by atoms with Crippen molar-refractivity contribution in [3.8, 4) is 34.6 Å². The van der Waals surface area contributed by atoms with Crippen molar-refractivity contribution in [2.24, 2.45) is 4.99 Å². The maximum atomic E-state index is 9.97. The van der Waals surface area contributed by atoms with Crippen molar-refractivity contribution >= 4 is 12.1 Å². The Labute approximate surface area is 181 Å². The minimum absolute atomic E-state index is 0.262. The van der Waals surface area contributed by atoms with Gasteiger partial charge in [-0.3, -0.25) is 0 Å². The van der Waals surface area contributed by atoms with Crippen LogP contribution in [0.5, 0.6) is 0 Å². The van der Waals surface area contributed by atoms with Crippen molar-refractivity contribution in [3.05, 3.63) is 101 Å². The third kappa shape index (κ3) is 4.15. The van der Waals surface area contributed by atoms with Gasteiger partial charge in [-0.1, -0.05) is 71.8 Å². The van der Waals surface area contributed by atoms with Crippen LogP contribution in [0.4, 0.5) is 5.88 Å². The van der Waals surface area contributed by atoms with E-state index < -0.39 is 0 Å². The quantitative estimate of drug-likeness (QED) is 0.356. The van der Waals surface area contributed by atoms with E-state index in [1.165, 1.54) is 0 Å². The van der Waals surface area contributed by atoms with Crippen LogP contribution in [0.25, 0.3) is 22.5 Å². The molecule has 0 radical (unpaired) electrons. The third-order valence-electron chi connectivity index (χ3n) is 5.03. The van der Waals surface area contributed by atoms with E-state index in [0.717, 1.165) is 33.4 Å². The van der Waals surface area contributed by atoms with Gasteiger partial charge in [-0.15, -0.1) is 0 Å². The van der Waals surface area contributed by atoms with E-state index in [-0.39, 0.29) is 5.88 Å². The van der Waals surface area contributed by atoms with Crippen molar-refractivity contribution in [2.45, 2.75) is 13.8 Å². The summed E-state index contributed by atoms with van der Waals surface area (Å²) in [4.78, 5) is 4.47. The fourth-order valence-electron chi connectivity index (χ4n) is 3.29. The van der Waals surface area contributed by atoms with Crippen LogP contribution in [-0.4, -0.2) is 6.21 Å². The van der Waals surface area contributed by atoms with Crippen LogP contribution in [0.2, 0.25) is 0 Å². The predicted molar refractivity (Wildman–Crippen MR) is 122 cm³/mol. The summed E-state index contributed by atoms with van der Waals surface area (Å²) in [5.41, 5.74) is 6.60. The highest BCUT2D eigenvalue weighted by Crippen LogP contribution is 2.42. The molecule has 0 aliphatic heterocycles. The zero-order chi connectivity index (χ0) is 21.8. The van der Waals surface area contributed by atoms with Crippen molar-refractivity contribution in [1.82, 2.24) is 0 Å². The van der Waals surface area contributed by atoms with Crippen LogP contribution in [0, 0.1) is 36.5 Å². The molecule has 1 aromatic heterocycles. The maximum absolute atomic E-state index is 9.97. The summed E-state index contributed by atoms with van der Waals surface area (Å²) < 4.78 is 6.14. The molecule has 0 amide bonds. The molecule has 0 saturated heterocycles. The summed E-state index contributed by atoms with van der Waals surface area (Å²) in [6.45, 7) is 4.05. The zero-order valence-corrected chi connectivity index (χ0v) is 17.3. The summed E-state index contributed by atoms with van der Waals surface area (Å²) in [6, 6.07) is 27.5. The van der Waals surface area contributed by atoms with Crippen LogP contribution < -0.4 is 0 Å². The van der Waals surface area contributed by atoms with E-state index in [0.29, 0.717) is 16.9 Å². The molecule has 4 heteroatoms. The van der Waals surface area contributed by atoms with Crippen molar-refractivity contribution in [1.29, 1.82) is 10.5 Å². The number of nitriles is 2. The highest BCUT2D eigenvalue weighted by atomic mass is 16.4. The van der Waals surface area contributed by atoms with Gasteiger partial charge in [0.1, 0.15) is 17.4 Å². The number of nitrogens with zero attached hydrogens (tertiary/aromatic N) is 3. The molecule has 148 valence electrons. The Morgan fingerprint density at radius 3 is 1.87 bits per heavy atom. The van der Waals surface area contributed by atoms with Crippen LogP contribution in [0.15, 0.2) is 82.2 Å². The molecule has 0 aliphatic rings. The molecule has 0 unspecified atom stereocenters. The van der Waals surface area contributed by atoms with E-state index in [9.17, 15) is 5.26 Å². The monoisotopic (exact) mass is 401 g/mol. The van der Waals surface area contributed by atoms with Gasteiger partial charge in [0.25, 0.3) is 0 Å². The lowest BCUT2D eigenvalue weighted by molar-refractivity contribution is 0.593. The third-order valence-corrected chi connectivity index (χ3v) is 5.03. The summed E-state index contributed by atoms with van der Waals surface area (Å²) in [5, 5.41) is 18.9. The molecule has 0 N–H and O–H groups in total. The highest BCUT2D eigenvalue weighted by molar-refractivity contribution is 5.90. The number of aliphatic imine (C=N–C) groups is 1. The molecule has 4 nitrogen and oxygen atoms in total. The van der Waals surface area contributed by atoms with E-state index >= 15 is 0 Å². The summed E-state index contributed by atoms with van der Waals surface area (Å²) in [7, 11) is 0. The molecule has 1 heterocycles. The van der Waals surface area contributed by atoms with Crippen molar-refractivity contribution in [3.63, 3.8) is 0 Å². The number of aryl methyl sites for hydroxylation is 2. The molecule has 0 aliphatic carbocycles. The number of hydrogen-bond acceptors (Lipinski definition) is 4. The van der Waals surface area contributed by atoms with E-state index in [1.54, 1.807) is 30.5 Å². The smallest absolute Gasteiger partial charge is 0.238 e. The molecule has 31 heavy (non-hydrogen) atoms. The molecule has 0 atom stereocenters.